The van der Waals surface area contributed by atoms with Gasteiger partial charge in [0.05, 0.1) is 6.04 Å². The Morgan fingerprint density at radius 3 is 2.24 bits per heavy atom. The summed E-state index contributed by atoms with van der Waals surface area (Å²) < 4.78 is 0. The molecule has 0 bridgehead atoms. The van der Waals surface area contributed by atoms with Crippen LogP contribution in [0.5, 0.6) is 0 Å². The van der Waals surface area contributed by atoms with Crippen LogP contribution in [-0.4, -0.2) is 13.1 Å². The van der Waals surface area contributed by atoms with E-state index in [1.807, 2.05) is 24.3 Å². The molecule has 2 aromatic rings. The van der Waals surface area contributed by atoms with Crippen LogP contribution in [0.4, 0.5) is 5.69 Å². The first-order chi connectivity index (χ1) is 10.1. The summed E-state index contributed by atoms with van der Waals surface area (Å²) in [5, 5.41) is 1.27. The van der Waals surface area contributed by atoms with Gasteiger partial charge in [-0.1, -0.05) is 41.4 Å². The van der Waals surface area contributed by atoms with Crippen LogP contribution in [0, 0.1) is 6.92 Å². The molecule has 0 radical (unpaired) electrons. The van der Waals surface area contributed by atoms with Gasteiger partial charge in [-0.3, -0.25) is 0 Å². The second kappa shape index (κ2) is 7.17. The lowest BCUT2D eigenvalue weighted by molar-refractivity contribution is 0.642. The number of likely N-dealkylation sites (N-methyl/N-ethyl adjacent to an activating group) is 1. The van der Waals surface area contributed by atoms with Crippen LogP contribution >= 0.6 is 23.2 Å². The van der Waals surface area contributed by atoms with E-state index in [2.05, 4.69) is 30.9 Å². The maximum absolute atomic E-state index is 6.13. The quantitative estimate of drug-likeness (QED) is 0.854. The van der Waals surface area contributed by atoms with Crippen molar-refractivity contribution >= 4 is 28.9 Å². The number of aryl methyl sites for hydroxylation is 1. The summed E-state index contributed by atoms with van der Waals surface area (Å²) in [5.74, 6) is 0. The van der Waals surface area contributed by atoms with E-state index in [1.165, 1.54) is 11.3 Å². The first-order valence-corrected chi connectivity index (χ1v) is 7.80. The van der Waals surface area contributed by atoms with Crippen molar-refractivity contribution in [1.82, 2.24) is 0 Å². The monoisotopic (exact) mass is 322 g/mol. The topological polar surface area (TPSA) is 29.3 Å². The minimum Gasteiger partial charge on any atom is -0.363 e. The zero-order valence-electron chi connectivity index (χ0n) is 12.3. The van der Waals surface area contributed by atoms with Gasteiger partial charge in [0.15, 0.2) is 0 Å². The SMILES string of the molecule is CCN(c1ccccc1C)C(CN)c1cc(Cl)cc(Cl)c1. The van der Waals surface area contributed by atoms with Crippen LogP contribution in [0.1, 0.15) is 24.1 Å². The van der Waals surface area contributed by atoms with Crippen molar-refractivity contribution in [3.63, 3.8) is 0 Å². The molecule has 112 valence electrons. The van der Waals surface area contributed by atoms with E-state index < -0.39 is 0 Å². The highest BCUT2D eigenvalue weighted by Gasteiger charge is 2.20. The number of nitrogens with zero attached hydrogens (tertiary/aromatic N) is 1. The molecule has 2 nitrogen and oxygen atoms in total. The van der Waals surface area contributed by atoms with Gasteiger partial charge in [-0.15, -0.1) is 0 Å². The van der Waals surface area contributed by atoms with Crippen LogP contribution in [0.3, 0.4) is 0 Å². The van der Waals surface area contributed by atoms with E-state index in [-0.39, 0.29) is 6.04 Å². The molecule has 4 heteroatoms. The van der Waals surface area contributed by atoms with Crippen molar-refractivity contribution in [2.75, 3.05) is 18.0 Å². The predicted octanol–water partition coefficient (Wildman–Crippen LogP) is 4.83. The van der Waals surface area contributed by atoms with Crippen LogP contribution in [-0.2, 0) is 0 Å². The van der Waals surface area contributed by atoms with E-state index >= 15 is 0 Å². The van der Waals surface area contributed by atoms with E-state index in [1.54, 1.807) is 6.07 Å². The lowest BCUT2D eigenvalue weighted by Gasteiger charge is -2.33. The smallest absolute Gasteiger partial charge is 0.0665 e. The number of para-hydroxylation sites is 1. The van der Waals surface area contributed by atoms with Crippen LogP contribution < -0.4 is 10.6 Å². The Morgan fingerprint density at radius 2 is 1.71 bits per heavy atom. The predicted molar refractivity (Wildman–Crippen MR) is 92.5 cm³/mol. The molecule has 0 aliphatic heterocycles. The third-order valence-corrected chi connectivity index (χ3v) is 4.07. The summed E-state index contributed by atoms with van der Waals surface area (Å²) in [5.41, 5.74) is 9.50. The summed E-state index contributed by atoms with van der Waals surface area (Å²) >= 11 is 12.3. The maximum atomic E-state index is 6.13. The number of hydrogen-bond donors (Lipinski definition) is 1. The molecule has 1 atom stereocenters. The Balaban J connectivity index is 2.45. The van der Waals surface area contributed by atoms with Gasteiger partial charge < -0.3 is 10.6 Å². The summed E-state index contributed by atoms with van der Waals surface area (Å²) in [7, 11) is 0. The number of nitrogens with two attached hydrogens (primary N) is 1. The summed E-state index contributed by atoms with van der Waals surface area (Å²) in [4.78, 5) is 2.29. The highest BCUT2D eigenvalue weighted by molar-refractivity contribution is 6.34. The largest absolute Gasteiger partial charge is 0.363 e. The standard InChI is InChI=1S/C17H20Cl2N2/c1-3-21(16-7-5-4-6-12(16)2)17(11-20)13-8-14(18)10-15(19)9-13/h4-10,17H,3,11,20H2,1-2H3. The van der Waals surface area contributed by atoms with Gasteiger partial charge in [-0.2, -0.15) is 0 Å². The molecule has 0 aliphatic rings. The molecule has 0 amide bonds. The normalized spacial score (nSPS) is 12.2. The Labute approximate surface area is 136 Å². The van der Waals surface area contributed by atoms with Crippen LogP contribution in [0.25, 0.3) is 0 Å². The number of rotatable bonds is 5. The van der Waals surface area contributed by atoms with Crippen molar-refractivity contribution in [2.45, 2.75) is 19.9 Å². The minimum atomic E-state index is 0.0484. The van der Waals surface area contributed by atoms with E-state index in [9.17, 15) is 0 Å². The second-order valence-electron chi connectivity index (χ2n) is 5.03. The fourth-order valence-corrected chi connectivity index (χ4v) is 3.20. The molecule has 1 unspecified atom stereocenters. The van der Waals surface area contributed by atoms with Crippen molar-refractivity contribution in [3.05, 3.63) is 63.6 Å². The summed E-state index contributed by atoms with van der Waals surface area (Å²) in [6.45, 7) is 5.59. The van der Waals surface area contributed by atoms with Gasteiger partial charge in [0.2, 0.25) is 0 Å². The fraction of sp³-hybridized carbons (Fsp3) is 0.294. The second-order valence-corrected chi connectivity index (χ2v) is 5.90. The molecular weight excluding hydrogens is 303 g/mol. The van der Waals surface area contributed by atoms with E-state index in [0.29, 0.717) is 16.6 Å². The minimum absolute atomic E-state index is 0.0484. The Hall–Kier alpha value is -1.22. The third-order valence-electron chi connectivity index (χ3n) is 3.63. The first-order valence-electron chi connectivity index (χ1n) is 7.05. The Morgan fingerprint density at radius 1 is 1.10 bits per heavy atom. The zero-order valence-corrected chi connectivity index (χ0v) is 13.8. The number of halogens is 2. The van der Waals surface area contributed by atoms with Gasteiger partial charge in [0.1, 0.15) is 0 Å². The molecule has 2 rings (SSSR count). The van der Waals surface area contributed by atoms with Crippen molar-refractivity contribution in [2.24, 2.45) is 5.73 Å². The molecule has 0 saturated carbocycles. The lowest BCUT2D eigenvalue weighted by atomic mass is 10.0. The first kappa shape index (κ1) is 16.2. The average Bonchev–Trinajstić information content (AvgIpc) is 2.44. The summed E-state index contributed by atoms with van der Waals surface area (Å²) in [6, 6.07) is 14.0. The van der Waals surface area contributed by atoms with E-state index in [4.69, 9.17) is 28.9 Å². The zero-order chi connectivity index (χ0) is 15.4. The highest BCUT2D eigenvalue weighted by Crippen LogP contribution is 2.31. The van der Waals surface area contributed by atoms with Gasteiger partial charge in [0.25, 0.3) is 0 Å². The molecule has 0 spiro atoms. The number of anilines is 1. The molecule has 0 heterocycles. The maximum Gasteiger partial charge on any atom is 0.0665 e. The molecule has 0 aliphatic carbocycles. The number of benzene rings is 2. The molecule has 21 heavy (non-hydrogen) atoms. The fourth-order valence-electron chi connectivity index (χ4n) is 2.66. The third kappa shape index (κ3) is 3.70. The molecule has 2 N–H and O–H groups in total. The molecule has 0 aromatic heterocycles. The van der Waals surface area contributed by atoms with Gasteiger partial charge in [-0.25, -0.2) is 0 Å². The highest BCUT2D eigenvalue weighted by atomic mass is 35.5. The number of hydrogen-bond acceptors (Lipinski definition) is 2. The molecule has 2 aromatic carbocycles. The Kier molecular flexibility index (Phi) is 5.51. The molecular formula is C17H20Cl2N2. The van der Waals surface area contributed by atoms with Crippen LogP contribution in [0.15, 0.2) is 42.5 Å². The average molecular weight is 323 g/mol. The van der Waals surface area contributed by atoms with Crippen molar-refractivity contribution < 1.29 is 0 Å². The van der Waals surface area contributed by atoms with E-state index in [0.717, 1.165) is 12.1 Å². The lowest BCUT2D eigenvalue weighted by Crippen LogP contribution is -2.34. The van der Waals surface area contributed by atoms with Crippen LogP contribution in [0.2, 0.25) is 10.0 Å². The van der Waals surface area contributed by atoms with Gasteiger partial charge in [0, 0.05) is 28.8 Å². The van der Waals surface area contributed by atoms with Gasteiger partial charge in [-0.05, 0) is 49.2 Å². The molecule has 0 fully saturated rings. The van der Waals surface area contributed by atoms with Crippen molar-refractivity contribution in [3.8, 4) is 0 Å². The van der Waals surface area contributed by atoms with Crippen molar-refractivity contribution in [1.29, 1.82) is 0 Å². The van der Waals surface area contributed by atoms with Gasteiger partial charge >= 0.3 is 0 Å². The summed E-state index contributed by atoms with van der Waals surface area (Å²) in [6.07, 6.45) is 0. The molecule has 0 saturated heterocycles. The Bertz CT molecular complexity index is 593.